The first kappa shape index (κ1) is 20.3. The smallest absolute Gasteiger partial charge is 0.350 e. The van der Waals surface area contributed by atoms with Crippen LogP contribution in [0.4, 0.5) is 0 Å². The van der Waals surface area contributed by atoms with Crippen molar-refractivity contribution < 1.29 is 9.53 Å². The molecule has 142 valence electrons. The van der Waals surface area contributed by atoms with E-state index >= 15 is 0 Å². The lowest BCUT2D eigenvalue weighted by molar-refractivity contribution is 0.0531. The van der Waals surface area contributed by atoms with Gasteiger partial charge >= 0.3 is 5.97 Å². The summed E-state index contributed by atoms with van der Waals surface area (Å²) in [5.74, 6) is 0.388. The summed E-state index contributed by atoms with van der Waals surface area (Å²) in [7, 11) is 0. The fourth-order valence-corrected chi connectivity index (χ4v) is 3.89. The molecule has 2 rings (SSSR count). The summed E-state index contributed by atoms with van der Waals surface area (Å²) in [4.78, 5) is 27.0. The second-order valence-corrected chi connectivity index (χ2v) is 7.94. The van der Waals surface area contributed by atoms with Crippen molar-refractivity contribution in [2.75, 3.05) is 13.2 Å². The Morgan fingerprint density at radius 2 is 2.12 bits per heavy atom. The average Bonchev–Trinajstić information content (AvgIpc) is 3.19. The number of thiazole rings is 2. The molecule has 1 unspecified atom stereocenters. The number of aryl methyl sites for hydroxylation is 2. The van der Waals surface area contributed by atoms with E-state index < -0.39 is 0 Å². The van der Waals surface area contributed by atoms with Gasteiger partial charge in [0.1, 0.15) is 9.88 Å². The predicted molar refractivity (Wildman–Crippen MR) is 106 cm³/mol. The number of aromatic nitrogens is 2. The normalized spacial score (nSPS) is 12.7. The molecule has 1 atom stereocenters. The van der Waals surface area contributed by atoms with E-state index in [2.05, 4.69) is 25.6 Å². The number of hydrogen-bond acceptors (Lipinski definition) is 7. The zero-order valence-corrected chi connectivity index (χ0v) is 17.4. The molecule has 0 aliphatic rings. The highest BCUT2D eigenvalue weighted by Gasteiger charge is 2.20. The van der Waals surface area contributed by atoms with Crippen molar-refractivity contribution in [1.82, 2.24) is 20.6 Å². The molecule has 2 N–H and O–H groups in total. The maximum atomic E-state index is 12.0. The Labute approximate surface area is 161 Å². The average molecular weight is 396 g/mol. The Morgan fingerprint density at radius 1 is 1.35 bits per heavy atom. The van der Waals surface area contributed by atoms with Crippen LogP contribution in [0.1, 0.15) is 57.1 Å². The van der Waals surface area contributed by atoms with E-state index in [0.717, 1.165) is 21.4 Å². The zero-order valence-electron chi connectivity index (χ0n) is 15.8. The fraction of sp³-hybridized carbons (Fsp3) is 0.529. The number of ether oxygens (including phenoxy) is 1. The summed E-state index contributed by atoms with van der Waals surface area (Å²) < 4.78 is 5.08. The van der Waals surface area contributed by atoms with Crippen molar-refractivity contribution in [2.24, 2.45) is 4.99 Å². The molecule has 0 aliphatic carbocycles. The van der Waals surface area contributed by atoms with Crippen molar-refractivity contribution in [3.8, 4) is 0 Å². The lowest BCUT2D eigenvalue weighted by Crippen LogP contribution is -2.38. The van der Waals surface area contributed by atoms with Crippen molar-refractivity contribution in [1.29, 1.82) is 0 Å². The van der Waals surface area contributed by atoms with E-state index in [1.54, 1.807) is 18.3 Å². The Morgan fingerprint density at radius 3 is 2.73 bits per heavy atom. The third kappa shape index (κ3) is 5.50. The number of carbonyl (C=O) groups excluding carboxylic acids is 1. The number of nitrogens with one attached hydrogen (secondary N) is 2. The molecule has 0 fully saturated rings. The first-order chi connectivity index (χ1) is 12.4. The molecule has 0 aliphatic heterocycles. The molecule has 0 saturated carbocycles. The van der Waals surface area contributed by atoms with Gasteiger partial charge in [-0.25, -0.2) is 19.8 Å². The van der Waals surface area contributed by atoms with Gasteiger partial charge in [-0.05, 0) is 34.6 Å². The minimum Gasteiger partial charge on any atom is -0.462 e. The molecule has 0 bridgehead atoms. The standard InChI is InChI=1S/C17H25N5O2S2/c1-6-18-17(20-9-13-8-19-12(5)25-13)22-11(4)15-21-10(3)14(26-15)16(23)24-7-2/h8,11H,6-7,9H2,1-5H3,(H2,18,20,22). The van der Waals surface area contributed by atoms with Crippen molar-refractivity contribution in [3.63, 3.8) is 0 Å². The highest BCUT2D eigenvalue weighted by atomic mass is 32.1. The van der Waals surface area contributed by atoms with Crippen LogP contribution >= 0.6 is 22.7 Å². The summed E-state index contributed by atoms with van der Waals surface area (Å²) >= 11 is 3.00. The molecular weight excluding hydrogens is 370 g/mol. The fourth-order valence-electron chi connectivity index (χ4n) is 2.21. The Kier molecular flexibility index (Phi) is 7.52. The van der Waals surface area contributed by atoms with Crippen LogP contribution in [0.5, 0.6) is 0 Å². The Hall–Kier alpha value is -2.00. The number of nitrogens with zero attached hydrogens (tertiary/aromatic N) is 3. The molecule has 2 aromatic rings. The van der Waals surface area contributed by atoms with Crippen LogP contribution in [0.25, 0.3) is 0 Å². The number of carbonyl (C=O) groups is 1. The molecule has 2 aromatic heterocycles. The maximum absolute atomic E-state index is 12.0. The minimum atomic E-state index is -0.318. The first-order valence-corrected chi connectivity index (χ1v) is 10.2. The van der Waals surface area contributed by atoms with Gasteiger partial charge in [-0.3, -0.25) is 0 Å². The van der Waals surface area contributed by atoms with E-state index in [1.165, 1.54) is 11.3 Å². The van der Waals surface area contributed by atoms with Gasteiger partial charge in [-0.2, -0.15) is 0 Å². The molecule has 0 aromatic carbocycles. The SMILES string of the molecule is CCNC(=NCc1cnc(C)s1)NC(C)c1nc(C)c(C(=O)OCC)s1. The van der Waals surface area contributed by atoms with Gasteiger partial charge in [0.05, 0.1) is 29.9 Å². The molecule has 0 amide bonds. The topological polar surface area (TPSA) is 88.5 Å². The third-order valence-corrected chi connectivity index (χ3v) is 5.62. The molecule has 0 spiro atoms. The molecule has 7 nitrogen and oxygen atoms in total. The second-order valence-electron chi connectivity index (χ2n) is 5.59. The van der Waals surface area contributed by atoms with Gasteiger partial charge < -0.3 is 15.4 Å². The summed E-state index contributed by atoms with van der Waals surface area (Å²) in [6.45, 7) is 11.3. The van der Waals surface area contributed by atoms with Crippen LogP contribution in [0.2, 0.25) is 0 Å². The minimum absolute atomic E-state index is 0.0807. The maximum Gasteiger partial charge on any atom is 0.350 e. The molecule has 0 saturated heterocycles. The van der Waals surface area contributed by atoms with Gasteiger partial charge in [-0.15, -0.1) is 22.7 Å². The van der Waals surface area contributed by atoms with Gasteiger partial charge in [0, 0.05) is 17.6 Å². The van der Waals surface area contributed by atoms with Gasteiger partial charge in [0.25, 0.3) is 0 Å². The predicted octanol–water partition coefficient (Wildman–Crippen LogP) is 3.21. The third-order valence-electron chi connectivity index (χ3n) is 3.40. The molecule has 0 radical (unpaired) electrons. The number of guanidine groups is 1. The van der Waals surface area contributed by atoms with Crippen LogP contribution in [0.3, 0.4) is 0 Å². The monoisotopic (exact) mass is 395 g/mol. The van der Waals surface area contributed by atoms with E-state index in [0.29, 0.717) is 29.7 Å². The van der Waals surface area contributed by atoms with Crippen LogP contribution < -0.4 is 10.6 Å². The largest absolute Gasteiger partial charge is 0.462 e. The number of esters is 1. The summed E-state index contributed by atoms with van der Waals surface area (Å²) in [6, 6.07) is -0.0807. The number of rotatable bonds is 7. The van der Waals surface area contributed by atoms with Gasteiger partial charge in [0.2, 0.25) is 0 Å². The van der Waals surface area contributed by atoms with Crippen LogP contribution in [0.15, 0.2) is 11.2 Å². The Bertz CT molecular complexity index is 769. The lowest BCUT2D eigenvalue weighted by atomic mass is 10.3. The van der Waals surface area contributed by atoms with Crippen molar-refractivity contribution >= 4 is 34.6 Å². The number of hydrogen-bond donors (Lipinski definition) is 2. The van der Waals surface area contributed by atoms with Crippen LogP contribution in [-0.2, 0) is 11.3 Å². The molecule has 2 heterocycles. The van der Waals surface area contributed by atoms with E-state index in [4.69, 9.17) is 4.74 Å². The van der Waals surface area contributed by atoms with Crippen LogP contribution in [0, 0.1) is 13.8 Å². The van der Waals surface area contributed by atoms with Gasteiger partial charge in [-0.1, -0.05) is 0 Å². The Balaban J connectivity index is 2.08. The highest BCUT2D eigenvalue weighted by molar-refractivity contribution is 7.13. The van der Waals surface area contributed by atoms with Gasteiger partial charge in [0.15, 0.2) is 5.96 Å². The van der Waals surface area contributed by atoms with Crippen molar-refractivity contribution in [2.45, 2.75) is 47.2 Å². The summed E-state index contributed by atoms with van der Waals surface area (Å²) in [5.41, 5.74) is 0.694. The molecular formula is C17H25N5O2S2. The van der Waals surface area contributed by atoms with Crippen molar-refractivity contribution in [3.05, 3.63) is 31.7 Å². The highest BCUT2D eigenvalue weighted by Crippen LogP contribution is 2.24. The van der Waals surface area contributed by atoms with Crippen LogP contribution in [-0.4, -0.2) is 35.0 Å². The van der Waals surface area contributed by atoms with E-state index in [1.807, 2.05) is 33.9 Å². The summed E-state index contributed by atoms with van der Waals surface area (Å²) in [6.07, 6.45) is 1.85. The first-order valence-electron chi connectivity index (χ1n) is 8.55. The number of aliphatic imine (C=N–C) groups is 1. The summed E-state index contributed by atoms with van der Waals surface area (Å²) in [5, 5.41) is 8.43. The van der Waals surface area contributed by atoms with E-state index in [9.17, 15) is 4.79 Å². The van der Waals surface area contributed by atoms with E-state index in [-0.39, 0.29) is 12.0 Å². The molecule has 26 heavy (non-hydrogen) atoms. The second kappa shape index (κ2) is 9.63. The quantitative estimate of drug-likeness (QED) is 0.425. The molecule has 9 heteroatoms. The lowest BCUT2D eigenvalue weighted by Gasteiger charge is -2.15. The zero-order chi connectivity index (χ0) is 19.1.